The highest BCUT2D eigenvalue weighted by Gasteiger charge is 2.35. The maximum Gasteiger partial charge on any atom is 0.290 e. The summed E-state index contributed by atoms with van der Waals surface area (Å²) in [5.41, 5.74) is -0.00134. The van der Waals surface area contributed by atoms with Crippen molar-refractivity contribution in [2.45, 2.75) is 71.6 Å². The summed E-state index contributed by atoms with van der Waals surface area (Å²) in [5.74, 6) is -2.75. The van der Waals surface area contributed by atoms with Crippen LogP contribution in [0.15, 0.2) is 0 Å². The Kier molecular flexibility index (Phi) is 6.19. The van der Waals surface area contributed by atoms with Gasteiger partial charge in [0.05, 0.1) is 5.01 Å². The highest BCUT2D eigenvalue weighted by atomic mass is 32.1. The molecule has 0 aliphatic heterocycles. The van der Waals surface area contributed by atoms with E-state index in [9.17, 15) is 8.78 Å². The molecule has 1 nitrogen and oxygen atoms in total. The summed E-state index contributed by atoms with van der Waals surface area (Å²) in [5, 5.41) is 0.727. The molecule has 104 valence electrons. The van der Waals surface area contributed by atoms with Crippen molar-refractivity contribution in [3.63, 3.8) is 0 Å². The fourth-order valence-corrected chi connectivity index (χ4v) is 2.99. The van der Waals surface area contributed by atoms with Crippen LogP contribution in [0.3, 0.4) is 0 Å². The van der Waals surface area contributed by atoms with Gasteiger partial charge in [-0.15, -0.1) is 11.3 Å². The van der Waals surface area contributed by atoms with Gasteiger partial charge in [0, 0.05) is 11.3 Å². The predicted octanol–water partition coefficient (Wildman–Crippen LogP) is 5.60. The van der Waals surface area contributed by atoms with Gasteiger partial charge in [-0.3, -0.25) is 0 Å². The maximum atomic E-state index is 13.9. The zero-order valence-electron chi connectivity index (χ0n) is 11.6. The van der Waals surface area contributed by atoms with Crippen molar-refractivity contribution in [2.24, 2.45) is 0 Å². The van der Waals surface area contributed by atoms with Crippen molar-refractivity contribution in [1.82, 2.24) is 4.98 Å². The molecule has 1 aromatic heterocycles. The lowest BCUT2D eigenvalue weighted by molar-refractivity contribution is -0.0202. The summed E-state index contributed by atoms with van der Waals surface area (Å²) in [7, 11) is 0. The zero-order chi connectivity index (χ0) is 13.6. The van der Waals surface area contributed by atoms with Gasteiger partial charge in [0.15, 0.2) is 0 Å². The van der Waals surface area contributed by atoms with E-state index in [2.05, 4.69) is 11.9 Å². The molecule has 0 spiro atoms. The Hall–Kier alpha value is -0.510. The number of unbranched alkanes of at least 4 members (excludes halogenated alkanes) is 5. The van der Waals surface area contributed by atoms with Crippen LogP contribution in [0.5, 0.6) is 0 Å². The first-order valence-electron chi connectivity index (χ1n) is 6.79. The largest absolute Gasteiger partial charge is 0.290 e. The smallest absolute Gasteiger partial charge is 0.240 e. The minimum atomic E-state index is -2.75. The van der Waals surface area contributed by atoms with Gasteiger partial charge in [-0.2, -0.15) is 8.78 Å². The number of hydrogen-bond acceptors (Lipinski definition) is 2. The topological polar surface area (TPSA) is 12.9 Å². The van der Waals surface area contributed by atoms with Crippen molar-refractivity contribution >= 4 is 11.3 Å². The zero-order valence-corrected chi connectivity index (χ0v) is 12.4. The summed E-state index contributed by atoms with van der Waals surface area (Å²) in [6, 6.07) is 0. The fourth-order valence-electron chi connectivity index (χ4n) is 2.11. The van der Waals surface area contributed by atoms with E-state index in [1.807, 2.05) is 0 Å². The van der Waals surface area contributed by atoms with Crippen LogP contribution in [0.4, 0.5) is 8.78 Å². The molecule has 1 rings (SSSR count). The summed E-state index contributed by atoms with van der Waals surface area (Å²) < 4.78 is 27.9. The van der Waals surface area contributed by atoms with Gasteiger partial charge >= 0.3 is 0 Å². The Labute approximate surface area is 113 Å². The molecule has 0 atom stereocenters. The molecule has 0 fully saturated rings. The molecular weight excluding hydrogens is 252 g/mol. The number of aromatic nitrogens is 1. The average molecular weight is 275 g/mol. The van der Waals surface area contributed by atoms with Crippen molar-refractivity contribution in [3.05, 3.63) is 15.6 Å². The lowest BCUT2D eigenvalue weighted by atomic mass is 10.0. The quantitative estimate of drug-likeness (QED) is 0.562. The summed E-state index contributed by atoms with van der Waals surface area (Å²) in [6.07, 6.45) is 6.05. The number of hydrogen-bond donors (Lipinski definition) is 0. The highest BCUT2D eigenvalue weighted by Crippen LogP contribution is 2.36. The summed E-state index contributed by atoms with van der Waals surface area (Å²) >= 11 is 1.36. The molecule has 18 heavy (non-hydrogen) atoms. The van der Waals surface area contributed by atoms with E-state index >= 15 is 0 Å². The third kappa shape index (κ3) is 4.63. The second kappa shape index (κ2) is 7.17. The first-order valence-corrected chi connectivity index (χ1v) is 7.61. The Morgan fingerprint density at radius 3 is 2.22 bits per heavy atom. The first kappa shape index (κ1) is 15.5. The number of thiazole rings is 1. The van der Waals surface area contributed by atoms with Gasteiger partial charge in [0.1, 0.15) is 5.69 Å². The van der Waals surface area contributed by atoms with Gasteiger partial charge in [-0.25, -0.2) is 4.98 Å². The molecule has 0 radical (unpaired) electrons. The van der Waals surface area contributed by atoms with Crippen LogP contribution < -0.4 is 0 Å². The molecule has 0 bridgehead atoms. The molecule has 0 unspecified atom stereocenters. The first-order chi connectivity index (χ1) is 8.47. The van der Waals surface area contributed by atoms with Crippen LogP contribution in [0.25, 0.3) is 0 Å². The van der Waals surface area contributed by atoms with Gasteiger partial charge in [-0.1, -0.05) is 39.0 Å². The van der Waals surface area contributed by atoms with Crippen LogP contribution in [0, 0.1) is 13.8 Å². The number of rotatable bonds is 8. The molecule has 1 heterocycles. The van der Waals surface area contributed by atoms with Gasteiger partial charge in [-0.05, 0) is 20.3 Å². The van der Waals surface area contributed by atoms with Gasteiger partial charge < -0.3 is 0 Å². The lowest BCUT2D eigenvalue weighted by Gasteiger charge is -2.14. The number of halogens is 2. The molecule has 0 amide bonds. The fraction of sp³-hybridized carbons (Fsp3) is 0.786. The Morgan fingerprint density at radius 2 is 1.67 bits per heavy atom. The number of nitrogens with zero attached hydrogens (tertiary/aromatic N) is 1. The van der Waals surface area contributed by atoms with Crippen molar-refractivity contribution in [2.75, 3.05) is 0 Å². The Morgan fingerprint density at radius 1 is 1.06 bits per heavy atom. The van der Waals surface area contributed by atoms with Crippen molar-refractivity contribution < 1.29 is 8.78 Å². The molecule has 0 aromatic carbocycles. The van der Waals surface area contributed by atoms with E-state index in [0.717, 1.165) is 24.3 Å². The normalized spacial score (nSPS) is 12.1. The second-order valence-electron chi connectivity index (χ2n) is 4.86. The Balaban J connectivity index is 2.38. The van der Waals surface area contributed by atoms with Crippen molar-refractivity contribution in [3.8, 4) is 0 Å². The van der Waals surface area contributed by atoms with Crippen LogP contribution in [0.1, 0.15) is 67.4 Å². The van der Waals surface area contributed by atoms with E-state index < -0.39 is 5.92 Å². The minimum absolute atomic E-state index is 0.00134. The van der Waals surface area contributed by atoms with Gasteiger partial charge in [0.2, 0.25) is 0 Å². The monoisotopic (exact) mass is 275 g/mol. The van der Waals surface area contributed by atoms with E-state index in [1.165, 1.54) is 24.2 Å². The van der Waals surface area contributed by atoms with Crippen LogP contribution >= 0.6 is 11.3 Å². The van der Waals surface area contributed by atoms with Crippen LogP contribution in [0.2, 0.25) is 0 Å². The molecule has 0 saturated heterocycles. The number of aryl methyl sites for hydroxylation is 2. The third-order valence-corrected chi connectivity index (χ3v) is 3.98. The summed E-state index contributed by atoms with van der Waals surface area (Å²) in [6.45, 7) is 5.67. The number of alkyl halides is 2. The standard InChI is InChI=1S/C14H23F2NS/c1-4-5-6-7-8-9-10-14(15,16)13-11(2)18-12(3)17-13/h4-10H2,1-3H3. The SMILES string of the molecule is CCCCCCCCC(F)(F)c1nc(C)sc1C. The molecule has 1 aromatic rings. The molecule has 0 N–H and O–H groups in total. The van der Waals surface area contributed by atoms with Crippen LogP contribution in [-0.2, 0) is 5.92 Å². The van der Waals surface area contributed by atoms with E-state index in [-0.39, 0.29) is 12.1 Å². The predicted molar refractivity (Wildman–Crippen MR) is 73.5 cm³/mol. The Bertz CT molecular complexity index is 361. The highest BCUT2D eigenvalue weighted by molar-refractivity contribution is 7.11. The second-order valence-corrected chi connectivity index (χ2v) is 6.27. The lowest BCUT2D eigenvalue weighted by Crippen LogP contribution is -2.15. The van der Waals surface area contributed by atoms with E-state index in [0.29, 0.717) is 11.3 Å². The molecular formula is C14H23F2NS. The molecule has 0 saturated carbocycles. The molecule has 4 heteroatoms. The molecule has 0 aliphatic rings. The summed E-state index contributed by atoms with van der Waals surface area (Å²) in [4.78, 5) is 4.63. The van der Waals surface area contributed by atoms with Crippen LogP contribution in [-0.4, -0.2) is 4.98 Å². The van der Waals surface area contributed by atoms with Crippen molar-refractivity contribution in [1.29, 1.82) is 0 Å². The van der Waals surface area contributed by atoms with E-state index in [4.69, 9.17) is 0 Å². The van der Waals surface area contributed by atoms with Gasteiger partial charge in [0.25, 0.3) is 5.92 Å². The minimum Gasteiger partial charge on any atom is -0.240 e. The van der Waals surface area contributed by atoms with E-state index in [1.54, 1.807) is 13.8 Å². The average Bonchev–Trinajstić information content (AvgIpc) is 2.63. The molecule has 0 aliphatic carbocycles. The maximum absolute atomic E-state index is 13.9. The third-order valence-electron chi connectivity index (χ3n) is 3.09.